The second-order valence-corrected chi connectivity index (χ2v) is 14.5. The van der Waals surface area contributed by atoms with Gasteiger partial charge < -0.3 is 9.13 Å². The standard InChI is InChI=1S/C19H42N2Si2/c1-16-10-7-11-17(2)20(16)22(5)14-9-15-23(6)21-18(3)12-8-13-19(21)4/h16-19,22-23H,7-15H2,1-6H3. The quantitative estimate of drug-likeness (QED) is 0.643. The summed E-state index contributed by atoms with van der Waals surface area (Å²) in [5.74, 6) is 0. The van der Waals surface area contributed by atoms with Gasteiger partial charge in [-0.05, 0) is 37.8 Å². The van der Waals surface area contributed by atoms with E-state index in [9.17, 15) is 0 Å². The van der Waals surface area contributed by atoms with E-state index >= 15 is 0 Å². The van der Waals surface area contributed by atoms with E-state index in [0.717, 1.165) is 24.2 Å². The minimum Gasteiger partial charge on any atom is -0.321 e. The van der Waals surface area contributed by atoms with Crippen LogP contribution in [0.2, 0.25) is 25.2 Å². The van der Waals surface area contributed by atoms with Gasteiger partial charge in [-0.15, -0.1) is 0 Å². The van der Waals surface area contributed by atoms with Gasteiger partial charge in [0.2, 0.25) is 0 Å². The SMILES string of the molecule is CC1CCCC(C)N1[SiH](C)CCC[SiH](C)N1C(C)CCCC1C. The van der Waals surface area contributed by atoms with E-state index < -0.39 is 17.9 Å². The molecule has 0 aromatic rings. The molecule has 23 heavy (non-hydrogen) atoms. The summed E-state index contributed by atoms with van der Waals surface area (Å²) >= 11 is 0. The Morgan fingerprint density at radius 2 is 0.957 bits per heavy atom. The lowest BCUT2D eigenvalue weighted by molar-refractivity contribution is 0.198. The van der Waals surface area contributed by atoms with E-state index in [1.54, 1.807) is 12.1 Å². The Hall–Kier alpha value is 0.354. The van der Waals surface area contributed by atoms with Gasteiger partial charge in [0.25, 0.3) is 0 Å². The number of hydrogen-bond acceptors (Lipinski definition) is 2. The largest absolute Gasteiger partial charge is 0.321 e. The maximum absolute atomic E-state index is 2.96. The predicted molar refractivity (Wildman–Crippen MR) is 109 cm³/mol. The molecule has 0 amide bonds. The highest BCUT2D eigenvalue weighted by Crippen LogP contribution is 2.28. The maximum Gasteiger partial charge on any atom is 0.109 e. The maximum atomic E-state index is 2.96. The van der Waals surface area contributed by atoms with E-state index in [-0.39, 0.29) is 0 Å². The molecular weight excluding hydrogens is 312 g/mol. The van der Waals surface area contributed by atoms with Gasteiger partial charge in [-0.2, -0.15) is 0 Å². The zero-order valence-corrected chi connectivity index (χ0v) is 19.0. The molecule has 2 rings (SSSR count). The Balaban J connectivity index is 1.77. The summed E-state index contributed by atoms with van der Waals surface area (Å²) in [4.78, 5) is 0. The van der Waals surface area contributed by atoms with Crippen LogP contribution >= 0.6 is 0 Å². The summed E-state index contributed by atoms with van der Waals surface area (Å²) in [6, 6.07) is 6.52. The van der Waals surface area contributed by atoms with E-state index in [1.165, 1.54) is 44.9 Å². The van der Waals surface area contributed by atoms with Gasteiger partial charge in [-0.1, -0.05) is 60.1 Å². The van der Waals surface area contributed by atoms with E-state index in [4.69, 9.17) is 0 Å². The summed E-state index contributed by atoms with van der Waals surface area (Å²) in [7, 11) is -1.39. The smallest absolute Gasteiger partial charge is 0.109 e. The molecule has 6 atom stereocenters. The van der Waals surface area contributed by atoms with Crippen molar-refractivity contribution < 1.29 is 0 Å². The average Bonchev–Trinajstić information content (AvgIpc) is 2.46. The zero-order valence-electron chi connectivity index (χ0n) is 16.7. The first-order valence-corrected chi connectivity index (χ1v) is 15.4. The second kappa shape index (κ2) is 9.16. The van der Waals surface area contributed by atoms with Crippen LogP contribution in [0.3, 0.4) is 0 Å². The van der Waals surface area contributed by atoms with Crippen molar-refractivity contribution in [2.24, 2.45) is 0 Å². The Kier molecular flexibility index (Phi) is 7.84. The Labute approximate surface area is 149 Å². The van der Waals surface area contributed by atoms with Gasteiger partial charge in [0.15, 0.2) is 0 Å². The van der Waals surface area contributed by atoms with Crippen LogP contribution in [0.25, 0.3) is 0 Å². The summed E-state index contributed by atoms with van der Waals surface area (Å²) in [5, 5.41) is 0. The molecule has 2 aliphatic heterocycles. The first-order chi connectivity index (χ1) is 10.9. The zero-order chi connectivity index (χ0) is 17.0. The fourth-order valence-corrected chi connectivity index (χ4v) is 12.4. The molecule has 2 saturated heterocycles. The number of piperidine rings is 2. The molecule has 0 bridgehead atoms. The van der Waals surface area contributed by atoms with Crippen molar-refractivity contribution in [3.63, 3.8) is 0 Å². The third-order valence-corrected chi connectivity index (χ3v) is 13.3. The molecule has 0 aliphatic carbocycles. The number of hydrogen-bond donors (Lipinski definition) is 0. The van der Waals surface area contributed by atoms with Crippen molar-refractivity contribution in [1.82, 2.24) is 9.13 Å². The molecule has 0 radical (unpaired) electrons. The van der Waals surface area contributed by atoms with Crippen molar-refractivity contribution in [2.45, 2.75) is 122 Å². The fourth-order valence-electron chi connectivity index (χ4n) is 5.63. The van der Waals surface area contributed by atoms with Crippen LogP contribution in [-0.4, -0.2) is 51.2 Å². The van der Waals surface area contributed by atoms with E-state index in [0.29, 0.717) is 0 Å². The first kappa shape index (κ1) is 19.7. The molecule has 0 saturated carbocycles. The monoisotopic (exact) mass is 354 g/mol. The molecule has 2 aliphatic rings. The normalized spacial score (nSPS) is 36.8. The van der Waals surface area contributed by atoms with Gasteiger partial charge in [-0.3, -0.25) is 0 Å². The molecule has 0 N–H and O–H groups in total. The van der Waals surface area contributed by atoms with Gasteiger partial charge in [0.1, 0.15) is 17.9 Å². The first-order valence-electron chi connectivity index (χ1n) is 10.5. The Morgan fingerprint density at radius 1 is 0.652 bits per heavy atom. The molecule has 136 valence electrons. The van der Waals surface area contributed by atoms with Crippen LogP contribution in [0.5, 0.6) is 0 Å². The van der Waals surface area contributed by atoms with Crippen LogP contribution < -0.4 is 0 Å². The second-order valence-electron chi connectivity index (χ2n) is 8.78. The molecule has 2 nitrogen and oxygen atoms in total. The highest BCUT2D eigenvalue weighted by Gasteiger charge is 2.31. The van der Waals surface area contributed by atoms with Crippen molar-refractivity contribution in [3.8, 4) is 0 Å². The summed E-state index contributed by atoms with van der Waals surface area (Å²) in [6.45, 7) is 15.2. The van der Waals surface area contributed by atoms with Gasteiger partial charge >= 0.3 is 0 Å². The van der Waals surface area contributed by atoms with E-state index in [2.05, 4.69) is 49.9 Å². The van der Waals surface area contributed by atoms with Crippen LogP contribution in [0.1, 0.15) is 72.6 Å². The molecule has 0 spiro atoms. The summed E-state index contributed by atoms with van der Waals surface area (Å²) < 4.78 is 5.92. The Morgan fingerprint density at radius 3 is 1.26 bits per heavy atom. The van der Waals surface area contributed by atoms with Gasteiger partial charge in [-0.25, -0.2) is 0 Å². The summed E-state index contributed by atoms with van der Waals surface area (Å²) in [6.07, 6.45) is 10.2. The van der Waals surface area contributed by atoms with Gasteiger partial charge in [0, 0.05) is 24.2 Å². The van der Waals surface area contributed by atoms with E-state index in [1.807, 2.05) is 0 Å². The van der Waals surface area contributed by atoms with Crippen LogP contribution in [0, 0.1) is 0 Å². The molecule has 6 unspecified atom stereocenters. The van der Waals surface area contributed by atoms with Crippen molar-refractivity contribution >= 4 is 17.9 Å². The molecule has 4 heteroatoms. The fraction of sp³-hybridized carbons (Fsp3) is 1.00. The third kappa shape index (κ3) is 5.16. The van der Waals surface area contributed by atoms with Gasteiger partial charge in [0.05, 0.1) is 0 Å². The highest BCUT2D eigenvalue weighted by molar-refractivity contribution is 6.56. The molecule has 0 aromatic carbocycles. The minimum atomic E-state index is -0.695. The molecular formula is C19H42N2Si2. The topological polar surface area (TPSA) is 6.48 Å². The molecule has 2 fully saturated rings. The van der Waals surface area contributed by atoms with Crippen LogP contribution in [0.15, 0.2) is 0 Å². The summed E-state index contributed by atoms with van der Waals surface area (Å²) in [5.41, 5.74) is 0. The number of nitrogens with zero attached hydrogens (tertiary/aromatic N) is 2. The average molecular weight is 355 g/mol. The van der Waals surface area contributed by atoms with Crippen LogP contribution in [0.4, 0.5) is 0 Å². The van der Waals surface area contributed by atoms with Crippen molar-refractivity contribution in [3.05, 3.63) is 0 Å². The minimum absolute atomic E-state index is 0.695. The highest BCUT2D eigenvalue weighted by atomic mass is 28.3. The molecule has 2 heterocycles. The number of rotatable bonds is 6. The Bertz CT molecular complexity index is 300. The third-order valence-electron chi connectivity index (χ3n) is 6.79. The lowest BCUT2D eigenvalue weighted by Crippen LogP contribution is -2.52. The lowest BCUT2D eigenvalue weighted by atomic mass is 10.0. The molecule has 0 aromatic heterocycles. The van der Waals surface area contributed by atoms with Crippen molar-refractivity contribution in [1.29, 1.82) is 0 Å². The predicted octanol–water partition coefficient (Wildman–Crippen LogP) is 4.61. The van der Waals surface area contributed by atoms with Crippen LogP contribution in [-0.2, 0) is 0 Å². The van der Waals surface area contributed by atoms with Crippen molar-refractivity contribution in [2.75, 3.05) is 0 Å². The lowest BCUT2D eigenvalue weighted by Gasteiger charge is -2.44.